The van der Waals surface area contributed by atoms with E-state index in [4.69, 9.17) is 21.1 Å². The van der Waals surface area contributed by atoms with E-state index in [1.807, 2.05) is 30.3 Å². The summed E-state index contributed by atoms with van der Waals surface area (Å²) in [6.45, 7) is 0.313. The lowest BCUT2D eigenvalue weighted by Crippen LogP contribution is -2.21. The Hall–Kier alpha value is -2.40. The highest BCUT2D eigenvalue weighted by atomic mass is 35.5. The first kappa shape index (κ1) is 13.6. The summed E-state index contributed by atoms with van der Waals surface area (Å²) >= 11 is 6.10. The summed E-state index contributed by atoms with van der Waals surface area (Å²) in [7, 11) is 0. The maximum atomic E-state index is 11.9. The van der Waals surface area contributed by atoms with Gasteiger partial charge < -0.3 is 20.1 Å². The number of hydrogen-bond donors (Lipinski definition) is 2. The largest absolute Gasteiger partial charge is 0.454 e. The molecule has 0 saturated heterocycles. The molecule has 1 amide bonds. The molecule has 2 aromatic rings. The first-order valence-corrected chi connectivity index (χ1v) is 6.78. The van der Waals surface area contributed by atoms with Gasteiger partial charge in [0.1, 0.15) is 0 Å². The standard InChI is InChI=1S/C15H13ClN2O3/c16-11-6-13-14(21-9-20-13)7-12(11)18-15(19)8-17-10-4-2-1-3-5-10/h1-7,17H,8-9H2,(H,18,19). The molecule has 1 aliphatic rings. The van der Waals surface area contributed by atoms with Crippen molar-refractivity contribution in [1.82, 2.24) is 0 Å². The van der Waals surface area contributed by atoms with Crippen LogP contribution < -0.4 is 20.1 Å². The maximum Gasteiger partial charge on any atom is 0.243 e. The Balaban J connectivity index is 1.62. The fourth-order valence-corrected chi connectivity index (χ4v) is 2.15. The fourth-order valence-electron chi connectivity index (χ4n) is 1.95. The first-order valence-electron chi connectivity index (χ1n) is 6.40. The van der Waals surface area contributed by atoms with Crippen molar-refractivity contribution in [2.24, 2.45) is 0 Å². The first-order chi connectivity index (χ1) is 10.2. The summed E-state index contributed by atoms with van der Waals surface area (Å²) < 4.78 is 10.5. The minimum Gasteiger partial charge on any atom is -0.454 e. The van der Waals surface area contributed by atoms with Crippen molar-refractivity contribution in [3.63, 3.8) is 0 Å². The van der Waals surface area contributed by atoms with Crippen LogP contribution in [0.3, 0.4) is 0 Å². The lowest BCUT2D eigenvalue weighted by atomic mass is 10.2. The van der Waals surface area contributed by atoms with Crippen molar-refractivity contribution in [2.45, 2.75) is 0 Å². The predicted octanol–water partition coefficient (Wildman–Crippen LogP) is 3.12. The number of nitrogens with one attached hydrogen (secondary N) is 2. The Morgan fingerprint density at radius 3 is 2.62 bits per heavy atom. The summed E-state index contributed by atoms with van der Waals surface area (Å²) in [4.78, 5) is 11.9. The number of rotatable bonds is 4. The van der Waals surface area contributed by atoms with Gasteiger partial charge in [0.15, 0.2) is 11.5 Å². The van der Waals surface area contributed by atoms with Gasteiger partial charge in [-0.1, -0.05) is 29.8 Å². The van der Waals surface area contributed by atoms with Gasteiger partial charge in [-0.25, -0.2) is 0 Å². The molecule has 2 aromatic carbocycles. The molecular weight excluding hydrogens is 292 g/mol. The summed E-state index contributed by atoms with van der Waals surface area (Å²) in [6, 6.07) is 12.8. The molecular formula is C15H13ClN2O3. The highest BCUT2D eigenvalue weighted by Crippen LogP contribution is 2.39. The molecule has 0 spiro atoms. The molecule has 0 bridgehead atoms. The molecule has 21 heavy (non-hydrogen) atoms. The molecule has 0 radical (unpaired) electrons. The predicted molar refractivity (Wildman–Crippen MR) is 81.1 cm³/mol. The van der Waals surface area contributed by atoms with E-state index < -0.39 is 0 Å². The quantitative estimate of drug-likeness (QED) is 0.911. The van der Waals surface area contributed by atoms with Gasteiger partial charge in [-0.15, -0.1) is 0 Å². The number of carbonyl (C=O) groups excluding carboxylic acids is 1. The van der Waals surface area contributed by atoms with Gasteiger partial charge in [-0.2, -0.15) is 0 Å². The van der Waals surface area contributed by atoms with E-state index in [0.717, 1.165) is 5.69 Å². The average Bonchev–Trinajstić information content (AvgIpc) is 2.94. The van der Waals surface area contributed by atoms with E-state index >= 15 is 0 Å². The van der Waals surface area contributed by atoms with Crippen LogP contribution in [0.25, 0.3) is 0 Å². The molecule has 3 rings (SSSR count). The highest BCUT2D eigenvalue weighted by Gasteiger charge is 2.17. The van der Waals surface area contributed by atoms with E-state index in [1.165, 1.54) is 0 Å². The Morgan fingerprint density at radius 2 is 1.86 bits per heavy atom. The van der Waals surface area contributed by atoms with Crippen LogP contribution in [0.4, 0.5) is 11.4 Å². The highest BCUT2D eigenvalue weighted by molar-refractivity contribution is 6.34. The van der Waals surface area contributed by atoms with Crippen LogP contribution in [0.1, 0.15) is 0 Å². The molecule has 0 unspecified atom stereocenters. The van der Waals surface area contributed by atoms with E-state index in [-0.39, 0.29) is 19.2 Å². The van der Waals surface area contributed by atoms with Crippen LogP contribution in [0.2, 0.25) is 5.02 Å². The summed E-state index contributed by atoms with van der Waals surface area (Å²) in [5, 5.41) is 6.18. The maximum absolute atomic E-state index is 11.9. The molecule has 0 aliphatic carbocycles. The Bertz CT molecular complexity index is 661. The van der Waals surface area contributed by atoms with Gasteiger partial charge in [-0.05, 0) is 12.1 Å². The van der Waals surface area contributed by atoms with E-state index in [0.29, 0.717) is 22.2 Å². The van der Waals surface area contributed by atoms with Gasteiger partial charge in [0.2, 0.25) is 12.7 Å². The second-order valence-corrected chi connectivity index (χ2v) is 4.86. The van der Waals surface area contributed by atoms with Crippen LogP contribution in [-0.2, 0) is 4.79 Å². The Labute approximate surface area is 126 Å². The number of fused-ring (bicyclic) bond motifs is 1. The lowest BCUT2D eigenvalue weighted by molar-refractivity contribution is -0.114. The molecule has 0 aromatic heterocycles. The van der Waals surface area contributed by atoms with Crippen molar-refractivity contribution in [3.8, 4) is 11.5 Å². The molecule has 1 aliphatic heterocycles. The smallest absolute Gasteiger partial charge is 0.243 e. The number of para-hydroxylation sites is 1. The SMILES string of the molecule is O=C(CNc1ccccc1)Nc1cc2c(cc1Cl)OCO2. The van der Waals surface area contributed by atoms with Crippen LogP contribution in [-0.4, -0.2) is 19.2 Å². The minimum absolute atomic E-state index is 0.148. The molecule has 0 fully saturated rings. The van der Waals surface area contributed by atoms with Gasteiger partial charge in [0.05, 0.1) is 17.3 Å². The zero-order valence-corrected chi connectivity index (χ0v) is 11.8. The topological polar surface area (TPSA) is 59.6 Å². The van der Waals surface area contributed by atoms with Crippen molar-refractivity contribution < 1.29 is 14.3 Å². The van der Waals surface area contributed by atoms with Gasteiger partial charge >= 0.3 is 0 Å². The zero-order chi connectivity index (χ0) is 14.7. The van der Waals surface area contributed by atoms with Gasteiger partial charge in [0.25, 0.3) is 0 Å². The molecule has 0 saturated carbocycles. The van der Waals surface area contributed by atoms with E-state index in [9.17, 15) is 4.79 Å². The third-order valence-electron chi connectivity index (χ3n) is 2.96. The number of hydrogen-bond acceptors (Lipinski definition) is 4. The molecule has 2 N–H and O–H groups in total. The Morgan fingerprint density at radius 1 is 1.14 bits per heavy atom. The van der Waals surface area contributed by atoms with Gasteiger partial charge in [0, 0.05) is 17.8 Å². The molecule has 0 atom stereocenters. The minimum atomic E-state index is -0.195. The number of anilines is 2. The summed E-state index contributed by atoms with van der Waals surface area (Å²) in [5.74, 6) is 0.964. The fraction of sp³-hybridized carbons (Fsp3) is 0.133. The molecule has 6 heteroatoms. The molecule has 1 heterocycles. The Kier molecular flexibility index (Phi) is 3.83. The average molecular weight is 305 g/mol. The van der Waals surface area contributed by atoms with Crippen LogP contribution in [0.15, 0.2) is 42.5 Å². The number of carbonyl (C=O) groups is 1. The van der Waals surface area contributed by atoms with E-state index in [1.54, 1.807) is 12.1 Å². The van der Waals surface area contributed by atoms with Crippen LogP contribution in [0.5, 0.6) is 11.5 Å². The van der Waals surface area contributed by atoms with Crippen LogP contribution in [0, 0.1) is 0 Å². The molecule has 108 valence electrons. The van der Waals surface area contributed by atoms with Crippen molar-refractivity contribution in [2.75, 3.05) is 24.0 Å². The van der Waals surface area contributed by atoms with Crippen LogP contribution >= 0.6 is 11.6 Å². The monoisotopic (exact) mass is 304 g/mol. The molecule has 5 nitrogen and oxygen atoms in total. The number of amides is 1. The van der Waals surface area contributed by atoms with Crippen molar-refractivity contribution >= 4 is 28.9 Å². The lowest BCUT2D eigenvalue weighted by Gasteiger charge is -2.10. The summed E-state index contributed by atoms with van der Waals surface area (Å²) in [5.41, 5.74) is 1.38. The second-order valence-electron chi connectivity index (χ2n) is 4.45. The van der Waals surface area contributed by atoms with Gasteiger partial charge in [-0.3, -0.25) is 4.79 Å². The number of benzene rings is 2. The number of ether oxygens (including phenoxy) is 2. The van der Waals surface area contributed by atoms with Crippen molar-refractivity contribution in [1.29, 1.82) is 0 Å². The normalized spacial score (nSPS) is 12.0. The third-order valence-corrected chi connectivity index (χ3v) is 3.28. The van der Waals surface area contributed by atoms with Crippen molar-refractivity contribution in [3.05, 3.63) is 47.5 Å². The zero-order valence-electron chi connectivity index (χ0n) is 11.1. The number of halogens is 1. The third kappa shape index (κ3) is 3.20. The summed E-state index contributed by atoms with van der Waals surface area (Å²) in [6.07, 6.45) is 0. The second kappa shape index (κ2) is 5.93. The van der Waals surface area contributed by atoms with E-state index in [2.05, 4.69) is 10.6 Å².